The van der Waals surface area contributed by atoms with Crippen molar-refractivity contribution in [2.24, 2.45) is 0 Å². The van der Waals surface area contributed by atoms with Gasteiger partial charge in [0.25, 0.3) is 0 Å². The van der Waals surface area contributed by atoms with Gasteiger partial charge in [-0.15, -0.1) is 10.2 Å². The molecule has 0 bridgehead atoms. The number of ether oxygens (including phenoxy) is 1. The minimum Gasteiger partial charge on any atom is -0.450 e. The lowest BCUT2D eigenvalue weighted by Gasteiger charge is -2.39. The van der Waals surface area contributed by atoms with Crippen LogP contribution < -0.4 is 0 Å². The first-order valence-electron chi connectivity index (χ1n) is 14.0. The number of unbranched alkanes of at least 4 members (excludes halogenated alkanes) is 1. The average Bonchev–Trinajstić information content (AvgIpc) is 3.50. The zero-order valence-electron chi connectivity index (χ0n) is 22.8. The molecule has 2 N–H and O–H groups in total. The van der Waals surface area contributed by atoms with E-state index in [2.05, 4.69) is 57.9 Å². The smallest absolute Gasteiger partial charge is 0.450 e. The average molecular weight is 542 g/mol. The highest BCUT2D eigenvalue weighted by molar-refractivity contribution is 5.90. The summed E-state index contributed by atoms with van der Waals surface area (Å²) in [5, 5.41) is 26.1. The van der Waals surface area contributed by atoms with E-state index in [4.69, 9.17) is 4.74 Å². The third-order valence-corrected chi connectivity index (χ3v) is 7.75. The normalized spacial score (nSPS) is 14.6. The van der Waals surface area contributed by atoms with Crippen LogP contribution in [0.25, 0.3) is 33.3 Å². The van der Waals surface area contributed by atoms with Crippen LogP contribution in [0.3, 0.4) is 0 Å². The quantitative estimate of drug-likeness (QED) is 0.217. The van der Waals surface area contributed by atoms with E-state index in [1.165, 1.54) is 0 Å². The number of aromatic amines is 1. The van der Waals surface area contributed by atoms with Crippen molar-refractivity contribution in [3.8, 4) is 22.5 Å². The Hall–Kier alpha value is -4.27. The number of aromatic nitrogens is 4. The van der Waals surface area contributed by atoms with E-state index in [1.807, 2.05) is 30.3 Å². The molecule has 9 nitrogen and oxygen atoms in total. The zero-order chi connectivity index (χ0) is 28.0. The molecule has 1 saturated carbocycles. The summed E-state index contributed by atoms with van der Waals surface area (Å²) in [5.41, 5.74) is 3.11. The minimum absolute atomic E-state index is 0.0364. The Kier molecular flexibility index (Phi) is 8.38. The van der Waals surface area contributed by atoms with Gasteiger partial charge in [-0.3, -0.25) is 4.79 Å². The molecule has 0 spiro atoms. The molecule has 208 valence electrons. The van der Waals surface area contributed by atoms with Crippen LogP contribution >= 0.6 is 0 Å². The Balaban J connectivity index is 1.41. The molecular weight excluding hydrogens is 506 g/mol. The van der Waals surface area contributed by atoms with E-state index in [1.54, 1.807) is 4.90 Å². The first kappa shape index (κ1) is 27.3. The molecule has 4 aromatic rings. The Morgan fingerprint density at radius 1 is 1.00 bits per heavy atom. The molecule has 1 amide bonds. The number of benzene rings is 3. The Morgan fingerprint density at radius 2 is 1.75 bits per heavy atom. The molecule has 0 saturated heterocycles. The summed E-state index contributed by atoms with van der Waals surface area (Å²) in [7, 11) is 0. The second kappa shape index (κ2) is 12.3. The van der Waals surface area contributed by atoms with Gasteiger partial charge in [-0.2, -0.15) is 5.21 Å². The van der Waals surface area contributed by atoms with Crippen molar-refractivity contribution >= 4 is 22.8 Å². The van der Waals surface area contributed by atoms with Crippen molar-refractivity contribution in [3.05, 3.63) is 66.2 Å². The first-order chi connectivity index (χ1) is 19.5. The lowest BCUT2D eigenvalue weighted by Crippen LogP contribution is -2.49. The molecule has 0 aliphatic heterocycles. The van der Waals surface area contributed by atoms with Crippen LogP contribution in [0.15, 0.2) is 60.7 Å². The highest BCUT2D eigenvalue weighted by Crippen LogP contribution is 2.35. The number of nitrogens with one attached hydrogen (secondary N) is 1. The fourth-order valence-electron chi connectivity index (χ4n) is 5.73. The van der Waals surface area contributed by atoms with Gasteiger partial charge >= 0.3 is 6.16 Å². The lowest BCUT2D eigenvalue weighted by atomic mass is 9.84. The number of amides is 1. The Labute approximate surface area is 233 Å². The van der Waals surface area contributed by atoms with Gasteiger partial charge in [0.05, 0.1) is 6.54 Å². The molecular formula is C31H35N5O4. The van der Waals surface area contributed by atoms with Crippen molar-refractivity contribution < 1.29 is 19.4 Å². The standard InChI is InChI=1S/C31H35N5O4/c1-2-3-11-28(37)36(21-31(40-30(38)39)16-7-4-8-17-31)20-22-12-13-24-19-25(15-14-23(24)18-22)26-9-5-6-10-27(26)29-32-34-35-33-29/h5-6,9-10,12-15,18-19H,2-4,7-8,11,16-17,20-21H2,1H3,(H,38,39)(H,32,33,34,35). The molecule has 9 heteroatoms. The van der Waals surface area contributed by atoms with Crippen molar-refractivity contribution in [1.82, 2.24) is 25.5 Å². The summed E-state index contributed by atoms with van der Waals surface area (Å²) in [6.07, 6.45) is 5.03. The Morgan fingerprint density at radius 3 is 2.48 bits per heavy atom. The van der Waals surface area contributed by atoms with Gasteiger partial charge in [-0.25, -0.2) is 4.79 Å². The molecule has 1 fully saturated rings. The third-order valence-electron chi connectivity index (χ3n) is 7.75. The zero-order valence-corrected chi connectivity index (χ0v) is 22.8. The molecule has 1 heterocycles. The van der Waals surface area contributed by atoms with Gasteiger partial charge in [-0.05, 0) is 76.9 Å². The lowest BCUT2D eigenvalue weighted by molar-refractivity contribution is -0.138. The first-order valence-corrected chi connectivity index (χ1v) is 14.0. The van der Waals surface area contributed by atoms with Crippen LogP contribution in [0, 0.1) is 0 Å². The molecule has 0 radical (unpaired) electrons. The van der Waals surface area contributed by atoms with E-state index in [-0.39, 0.29) is 12.5 Å². The van der Waals surface area contributed by atoms with Gasteiger partial charge in [-0.1, -0.05) is 68.3 Å². The topological polar surface area (TPSA) is 121 Å². The van der Waals surface area contributed by atoms with Crippen LogP contribution in [-0.4, -0.2) is 54.8 Å². The number of hydrogen-bond acceptors (Lipinski definition) is 6. The van der Waals surface area contributed by atoms with Gasteiger partial charge < -0.3 is 14.7 Å². The van der Waals surface area contributed by atoms with Crippen LogP contribution in [0.5, 0.6) is 0 Å². The summed E-state index contributed by atoms with van der Waals surface area (Å²) >= 11 is 0. The fraction of sp³-hybridized carbons (Fsp3) is 0.387. The SMILES string of the molecule is CCCCC(=O)N(Cc1ccc2cc(-c3ccccc3-c3nn[nH]n3)ccc2c1)CC1(OC(=O)O)CCCCC1. The van der Waals surface area contributed by atoms with Gasteiger partial charge in [0.15, 0.2) is 0 Å². The van der Waals surface area contributed by atoms with Crippen LogP contribution in [0.4, 0.5) is 4.79 Å². The van der Waals surface area contributed by atoms with E-state index >= 15 is 0 Å². The van der Waals surface area contributed by atoms with E-state index in [9.17, 15) is 14.7 Å². The maximum atomic E-state index is 13.3. The third kappa shape index (κ3) is 6.30. The molecule has 5 rings (SSSR count). The predicted octanol–water partition coefficient (Wildman–Crippen LogP) is 6.60. The molecule has 1 aliphatic rings. The molecule has 0 atom stereocenters. The van der Waals surface area contributed by atoms with Crippen molar-refractivity contribution in [2.75, 3.05) is 6.54 Å². The summed E-state index contributed by atoms with van der Waals surface area (Å²) in [6.45, 7) is 2.75. The number of carbonyl (C=O) groups excluding carboxylic acids is 1. The number of carboxylic acid groups (broad SMARTS) is 1. The maximum Gasteiger partial charge on any atom is 0.506 e. The maximum absolute atomic E-state index is 13.3. The highest BCUT2D eigenvalue weighted by atomic mass is 16.7. The number of fused-ring (bicyclic) bond motifs is 1. The monoisotopic (exact) mass is 541 g/mol. The second-order valence-electron chi connectivity index (χ2n) is 10.6. The van der Waals surface area contributed by atoms with Crippen LogP contribution in [0.2, 0.25) is 0 Å². The van der Waals surface area contributed by atoms with E-state index in [0.717, 1.165) is 65.1 Å². The molecule has 1 aliphatic carbocycles. The number of nitrogens with zero attached hydrogens (tertiary/aromatic N) is 4. The number of hydrogen-bond donors (Lipinski definition) is 2. The number of carbonyl (C=O) groups is 2. The Bertz CT molecular complexity index is 1460. The fourth-order valence-corrected chi connectivity index (χ4v) is 5.73. The van der Waals surface area contributed by atoms with Gasteiger partial charge in [0.2, 0.25) is 11.7 Å². The summed E-state index contributed by atoms with van der Waals surface area (Å²) in [4.78, 5) is 26.7. The molecule has 1 aromatic heterocycles. The van der Waals surface area contributed by atoms with Gasteiger partial charge in [0, 0.05) is 18.5 Å². The number of H-pyrrole nitrogens is 1. The van der Waals surface area contributed by atoms with Gasteiger partial charge in [0.1, 0.15) is 5.60 Å². The van der Waals surface area contributed by atoms with E-state index in [0.29, 0.717) is 31.6 Å². The summed E-state index contributed by atoms with van der Waals surface area (Å²) < 4.78 is 5.47. The van der Waals surface area contributed by atoms with E-state index < -0.39 is 11.8 Å². The van der Waals surface area contributed by atoms with Crippen molar-refractivity contribution in [1.29, 1.82) is 0 Å². The highest BCUT2D eigenvalue weighted by Gasteiger charge is 2.39. The summed E-state index contributed by atoms with van der Waals surface area (Å²) in [5.74, 6) is 0.579. The van der Waals surface area contributed by atoms with Crippen LogP contribution in [0.1, 0.15) is 63.9 Å². The number of rotatable bonds is 10. The van der Waals surface area contributed by atoms with Crippen molar-refractivity contribution in [3.63, 3.8) is 0 Å². The molecule has 40 heavy (non-hydrogen) atoms. The second-order valence-corrected chi connectivity index (χ2v) is 10.6. The van der Waals surface area contributed by atoms with Crippen molar-refractivity contribution in [2.45, 2.75) is 70.4 Å². The minimum atomic E-state index is -1.27. The predicted molar refractivity (Wildman–Crippen MR) is 152 cm³/mol. The molecule has 0 unspecified atom stereocenters. The summed E-state index contributed by atoms with van der Waals surface area (Å²) in [6, 6.07) is 20.5. The van der Waals surface area contributed by atoms with Crippen LogP contribution in [-0.2, 0) is 16.1 Å². The molecule has 3 aromatic carbocycles. The largest absolute Gasteiger partial charge is 0.506 e. The number of tetrazole rings is 1.